The number of urea groups is 1. The number of ether oxygens (including phenoxy) is 3. The Bertz CT molecular complexity index is 748. The molecular weight excluding hydrogens is 336 g/mol. The zero-order chi connectivity index (χ0) is 18.8. The SMILES string of the molecule is CCOC(=O)c1ccccc1NC(=O)NCCOc1cccc(OC)c1. The second-order valence-electron chi connectivity index (χ2n) is 5.17. The number of para-hydroxylation sites is 1. The molecule has 26 heavy (non-hydrogen) atoms. The fourth-order valence-corrected chi connectivity index (χ4v) is 2.17. The van der Waals surface area contributed by atoms with Crippen molar-refractivity contribution >= 4 is 17.7 Å². The average Bonchev–Trinajstić information content (AvgIpc) is 2.66. The third kappa shape index (κ3) is 5.70. The highest BCUT2D eigenvalue weighted by Gasteiger charge is 2.13. The molecule has 0 unspecified atom stereocenters. The Morgan fingerprint density at radius 2 is 1.81 bits per heavy atom. The van der Waals surface area contributed by atoms with E-state index in [1.807, 2.05) is 12.1 Å². The molecule has 0 spiro atoms. The summed E-state index contributed by atoms with van der Waals surface area (Å²) in [6.07, 6.45) is 0. The summed E-state index contributed by atoms with van der Waals surface area (Å²) in [7, 11) is 1.58. The van der Waals surface area contributed by atoms with Gasteiger partial charge in [-0.3, -0.25) is 0 Å². The second-order valence-corrected chi connectivity index (χ2v) is 5.17. The Labute approximate surface area is 152 Å². The highest BCUT2D eigenvalue weighted by atomic mass is 16.5. The van der Waals surface area contributed by atoms with E-state index in [0.29, 0.717) is 35.9 Å². The molecule has 0 aromatic heterocycles. The van der Waals surface area contributed by atoms with E-state index in [0.717, 1.165) is 0 Å². The van der Waals surface area contributed by atoms with Gasteiger partial charge in [-0.1, -0.05) is 18.2 Å². The van der Waals surface area contributed by atoms with Crippen LogP contribution in [0.2, 0.25) is 0 Å². The largest absolute Gasteiger partial charge is 0.497 e. The number of carbonyl (C=O) groups excluding carboxylic acids is 2. The van der Waals surface area contributed by atoms with Crippen molar-refractivity contribution < 1.29 is 23.8 Å². The first-order chi connectivity index (χ1) is 12.6. The van der Waals surface area contributed by atoms with E-state index in [1.165, 1.54) is 0 Å². The molecular formula is C19H22N2O5. The lowest BCUT2D eigenvalue weighted by molar-refractivity contribution is 0.0527. The molecule has 0 aliphatic carbocycles. The molecule has 7 nitrogen and oxygen atoms in total. The first-order valence-electron chi connectivity index (χ1n) is 8.22. The lowest BCUT2D eigenvalue weighted by Crippen LogP contribution is -2.32. The van der Waals surface area contributed by atoms with Crippen molar-refractivity contribution in [3.63, 3.8) is 0 Å². The summed E-state index contributed by atoms with van der Waals surface area (Å²) in [4.78, 5) is 23.9. The van der Waals surface area contributed by atoms with Crippen molar-refractivity contribution in [2.45, 2.75) is 6.92 Å². The number of hydrogen-bond acceptors (Lipinski definition) is 5. The molecule has 2 aromatic carbocycles. The molecule has 0 saturated carbocycles. The van der Waals surface area contributed by atoms with Gasteiger partial charge in [0.25, 0.3) is 0 Å². The third-order valence-electron chi connectivity index (χ3n) is 3.37. The van der Waals surface area contributed by atoms with Crippen molar-refractivity contribution in [1.29, 1.82) is 0 Å². The molecule has 0 aliphatic rings. The monoisotopic (exact) mass is 358 g/mol. The first-order valence-corrected chi connectivity index (χ1v) is 8.22. The Morgan fingerprint density at radius 1 is 1.04 bits per heavy atom. The van der Waals surface area contributed by atoms with Gasteiger partial charge < -0.3 is 24.8 Å². The number of amides is 2. The minimum Gasteiger partial charge on any atom is -0.497 e. The lowest BCUT2D eigenvalue weighted by atomic mass is 10.2. The lowest BCUT2D eigenvalue weighted by Gasteiger charge is -2.12. The van der Waals surface area contributed by atoms with Gasteiger partial charge in [0, 0.05) is 6.07 Å². The van der Waals surface area contributed by atoms with Gasteiger partial charge in [0.2, 0.25) is 0 Å². The van der Waals surface area contributed by atoms with Crippen molar-refractivity contribution in [3.05, 3.63) is 54.1 Å². The number of anilines is 1. The minimum atomic E-state index is -0.482. The standard InChI is InChI=1S/C19H22N2O5/c1-3-25-18(22)16-9-4-5-10-17(16)21-19(23)20-11-12-26-15-8-6-7-14(13-15)24-2/h4-10,13H,3,11-12H2,1-2H3,(H2,20,21,23). The number of benzene rings is 2. The summed E-state index contributed by atoms with van der Waals surface area (Å²) in [5.41, 5.74) is 0.689. The normalized spacial score (nSPS) is 9.92. The van der Waals surface area contributed by atoms with Crippen LogP contribution >= 0.6 is 0 Å². The van der Waals surface area contributed by atoms with Crippen LogP contribution in [-0.2, 0) is 4.74 Å². The van der Waals surface area contributed by atoms with E-state index in [4.69, 9.17) is 14.2 Å². The van der Waals surface area contributed by atoms with Crippen LogP contribution < -0.4 is 20.1 Å². The molecule has 0 fully saturated rings. The van der Waals surface area contributed by atoms with E-state index in [9.17, 15) is 9.59 Å². The van der Waals surface area contributed by atoms with Gasteiger partial charge in [-0.25, -0.2) is 9.59 Å². The summed E-state index contributed by atoms with van der Waals surface area (Å²) in [5.74, 6) is 0.868. The van der Waals surface area contributed by atoms with Gasteiger partial charge in [-0.2, -0.15) is 0 Å². The number of esters is 1. The average molecular weight is 358 g/mol. The van der Waals surface area contributed by atoms with Gasteiger partial charge in [0.15, 0.2) is 0 Å². The van der Waals surface area contributed by atoms with E-state index < -0.39 is 12.0 Å². The zero-order valence-electron chi connectivity index (χ0n) is 14.8. The predicted octanol–water partition coefficient (Wildman–Crippen LogP) is 3.07. The summed E-state index contributed by atoms with van der Waals surface area (Å²) in [6.45, 7) is 2.58. The molecule has 0 radical (unpaired) electrons. The van der Waals surface area contributed by atoms with E-state index in [1.54, 1.807) is 50.4 Å². The Balaban J connectivity index is 1.81. The van der Waals surface area contributed by atoms with E-state index in [2.05, 4.69) is 10.6 Å². The molecule has 0 atom stereocenters. The number of hydrogen-bond donors (Lipinski definition) is 2. The maximum atomic E-state index is 12.0. The molecule has 2 aromatic rings. The molecule has 2 amide bonds. The van der Waals surface area contributed by atoms with Gasteiger partial charge in [0.1, 0.15) is 18.1 Å². The van der Waals surface area contributed by atoms with Crippen LogP contribution in [0.25, 0.3) is 0 Å². The predicted molar refractivity (Wildman–Crippen MR) is 97.9 cm³/mol. The molecule has 2 rings (SSSR count). The van der Waals surface area contributed by atoms with Crippen molar-refractivity contribution in [2.24, 2.45) is 0 Å². The third-order valence-corrected chi connectivity index (χ3v) is 3.37. The van der Waals surface area contributed by atoms with Gasteiger partial charge in [-0.15, -0.1) is 0 Å². The topological polar surface area (TPSA) is 85.9 Å². The molecule has 0 aliphatic heterocycles. The Kier molecular flexibility index (Phi) is 7.30. The van der Waals surface area contributed by atoms with Crippen LogP contribution in [0.4, 0.5) is 10.5 Å². The first kappa shape index (κ1) is 19.1. The quantitative estimate of drug-likeness (QED) is 0.559. The van der Waals surface area contributed by atoms with Crippen LogP contribution in [0.3, 0.4) is 0 Å². The zero-order valence-corrected chi connectivity index (χ0v) is 14.8. The fourth-order valence-electron chi connectivity index (χ4n) is 2.17. The minimum absolute atomic E-state index is 0.265. The van der Waals surface area contributed by atoms with Gasteiger partial charge >= 0.3 is 12.0 Å². The Morgan fingerprint density at radius 3 is 2.58 bits per heavy atom. The second kappa shape index (κ2) is 9.93. The molecule has 7 heteroatoms. The summed E-state index contributed by atoms with van der Waals surface area (Å²) in [6, 6.07) is 13.4. The highest BCUT2D eigenvalue weighted by molar-refractivity contribution is 6.00. The van der Waals surface area contributed by atoms with E-state index >= 15 is 0 Å². The maximum Gasteiger partial charge on any atom is 0.340 e. The van der Waals surface area contributed by atoms with Crippen molar-refractivity contribution in [2.75, 3.05) is 32.2 Å². The van der Waals surface area contributed by atoms with Gasteiger partial charge in [-0.05, 0) is 31.2 Å². The van der Waals surface area contributed by atoms with Gasteiger partial charge in [0.05, 0.1) is 31.5 Å². The summed E-state index contributed by atoms with van der Waals surface area (Å²) in [5, 5.41) is 5.31. The van der Waals surface area contributed by atoms with Crippen LogP contribution in [0.1, 0.15) is 17.3 Å². The van der Waals surface area contributed by atoms with Crippen LogP contribution in [0.5, 0.6) is 11.5 Å². The number of rotatable bonds is 8. The van der Waals surface area contributed by atoms with Crippen molar-refractivity contribution in [1.82, 2.24) is 5.32 Å². The van der Waals surface area contributed by atoms with Crippen LogP contribution in [0, 0.1) is 0 Å². The molecule has 0 heterocycles. The summed E-state index contributed by atoms with van der Waals surface area (Å²) >= 11 is 0. The van der Waals surface area contributed by atoms with Crippen LogP contribution in [0.15, 0.2) is 48.5 Å². The number of nitrogens with one attached hydrogen (secondary N) is 2. The van der Waals surface area contributed by atoms with Crippen molar-refractivity contribution in [3.8, 4) is 11.5 Å². The summed E-state index contributed by atoms with van der Waals surface area (Å²) < 4.78 is 15.6. The number of carbonyl (C=O) groups is 2. The Hall–Kier alpha value is -3.22. The van der Waals surface area contributed by atoms with E-state index in [-0.39, 0.29) is 6.61 Å². The molecule has 0 bridgehead atoms. The maximum absolute atomic E-state index is 12.0. The fraction of sp³-hybridized carbons (Fsp3) is 0.263. The highest BCUT2D eigenvalue weighted by Crippen LogP contribution is 2.18. The molecule has 2 N–H and O–H groups in total. The number of methoxy groups -OCH3 is 1. The smallest absolute Gasteiger partial charge is 0.340 e. The molecule has 0 saturated heterocycles. The molecule has 138 valence electrons. The van der Waals surface area contributed by atoms with Crippen LogP contribution in [-0.4, -0.2) is 38.9 Å².